The first-order chi connectivity index (χ1) is 27.8. The van der Waals surface area contributed by atoms with E-state index in [0.717, 1.165) is 44.5 Å². The summed E-state index contributed by atoms with van der Waals surface area (Å²) in [5, 5.41) is 2.49. The second-order valence-corrected chi connectivity index (χ2v) is 17.4. The lowest BCUT2D eigenvalue weighted by Crippen LogP contribution is -2.18. The van der Waals surface area contributed by atoms with E-state index in [-0.39, 0.29) is 5.41 Å². The van der Waals surface area contributed by atoms with Crippen LogP contribution in [0.15, 0.2) is 197 Å². The zero-order valence-corrected chi connectivity index (χ0v) is 35.1. The summed E-state index contributed by atoms with van der Waals surface area (Å²) in [6.45, 7) is 4.71. The van der Waals surface area contributed by atoms with Crippen LogP contribution in [-0.2, 0) is 5.41 Å². The van der Waals surface area contributed by atoms with Gasteiger partial charge in [-0.25, -0.2) is 0 Å². The number of fused-ring (bicyclic) bond motifs is 6. The van der Waals surface area contributed by atoms with E-state index in [0.29, 0.717) is 0 Å². The van der Waals surface area contributed by atoms with E-state index in [9.17, 15) is 0 Å². The molecule has 4 heteroatoms. The number of benzene rings is 6. The van der Waals surface area contributed by atoms with Gasteiger partial charge in [0.15, 0.2) is 0 Å². The van der Waals surface area contributed by atoms with Crippen LogP contribution in [0.25, 0.3) is 49.8 Å². The van der Waals surface area contributed by atoms with Gasteiger partial charge in [0.1, 0.15) is 0 Å². The molecule has 7 aromatic rings. The van der Waals surface area contributed by atoms with Gasteiger partial charge in [-0.1, -0.05) is 167 Å². The van der Waals surface area contributed by atoms with Crippen molar-refractivity contribution in [2.45, 2.75) is 32.1 Å². The van der Waals surface area contributed by atoms with Crippen molar-refractivity contribution in [1.29, 1.82) is 0 Å². The largest absolute Gasteiger partial charge is 0.311 e. The van der Waals surface area contributed by atoms with Crippen molar-refractivity contribution < 1.29 is 0 Å². The van der Waals surface area contributed by atoms with E-state index in [1.54, 1.807) is 0 Å². The molecule has 276 valence electrons. The molecule has 0 amide bonds. The molecule has 0 fully saturated rings. The van der Waals surface area contributed by atoms with Gasteiger partial charge in [0.25, 0.3) is 0 Å². The summed E-state index contributed by atoms with van der Waals surface area (Å²) in [5.41, 5.74) is 17.1. The maximum absolute atomic E-state index is 3.74. The van der Waals surface area contributed by atoms with Gasteiger partial charge in [-0.05, 0) is 118 Å². The Morgan fingerprint density at radius 2 is 1.30 bits per heavy atom. The van der Waals surface area contributed by atoms with Crippen LogP contribution < -0.4 is 4.90 Å². The molecule has 3 aliphatic rings. The quantitative estimate of drug-likeness (QED) is 0.162. The van der Waals surface area contributed by atoms with Crippen molar-refractivity contribution >= 4 is 76.2 Å². The van der Waals surface area contributed by atoms with Gasteiger partial charge in [-0.2, -0.15) is 0 Å². The monoisotopic (exact) mass is 862 g/mol. The minimum atomic E-state index is -0.0985. The normalized spacial score (nSPS) is 15.5. The molecule has 57 heavy (non-hydrogen) atoms. The highest BCUT2D eigenvalue weighted by atomic mass is 79.9. The molecule has 3 aliphatic carbocycles. The van der Waals surface area contributed by atoms with E-state index < -0.39 is 0 Å². The summed E-state index contributed by atoms with van der Waals surface area (Å²) < 4.78 is 4.45. The molecule has 0 spiro atoms. The summed E-state index contributed by atoms with van der Waals surface area (Å²) in [5.74, 6) is 0. The van der Waals surface area contributed by atoms with Crippen molar-refractivity contribution in [2.24, 2.45) is 0 Å². The van der Waals surface area contributed by atoms with E-state index in [2.05, 4.69) is 237 Å². The second-order valence-electron chi connectivity index (χ2n) is 15.5. The minimum absolute atomic E-state index is 0.0985. The molecule has 6 aromatic carbocycles. The van der Waals surface area contributed by atoms with Crippen LogP contribution >= 0.6 is 31.9 Å². The average Bonchev–Trinajstić information content (AvgIpc) is 3.40. The van der Waals surface area contributed by atoms with Gasteiger partial charge >= 0.3 is 0 Å². The Labute approximate surface area is 351 Å². The highest BCUT2D eigenvalue weighted by molar-refractivity contribution is 9.11. The summed E-state index contributed by atoms with van der Waals surface area (Å²) in [4.78, 5) is 2.43. The third-order valence-corrected chi connectivity index (χ3v) is 12.7. The smallest absolute Gasteiger partial charge is 0.0547 e. The van der Waals surface area contributed by atoms with E-state index in [4.69, 9.17) is 0 Å². The first-order valence-corrected chi connectivity index (χ1v) is 21.2. The van der Waals surface area contributed by atoms with Gasteiger partial charge in [-0.3, -0.25) is 0 Å². The Balaban J connectivity index is 1.06. The summed E-state index contributed by atoms with van der Waals surface area (Å²) in [7, 11) is 0. The predicted octanol–water partition coefficient (Wildman–Crippen LogP) is 15.6. The Morgan fingerprint density at radius 1 is 0.561 bits per heavy atom. The molecule has 0 bridgehead atoms. The molecular formula is C53H40Br2N2. The zero-order valence-electron chi connectivity index (χ0n) is 31.9. The molecule has 2 nitrogen and oxygen atoms in total. The molecule has 0 unspecified atom stereocenters. The van der Waals surface area contributed by atoms with Crippen molar-refractivity contribution in [3.63, 3.8) is 0 Å². The number of aromatic nitrogens is 1. The number of allylic oxidation sites excluding steroid dienone is 11. The van der Waals surface area contributed by atoms with Crippen LogP contribution in [0.3, 0.4) is 0 Å². The first kappa shape index (κ1) is 35.7. The lowest BCUT2D eigenvalue weighted by molar-refractivity contribution is 0.660. The van der Waals surface area contributed by atoms with Crippen LogP contribution in [0, 0.1) is 0 Å². The second kappa shape index (κ2) is 14.4. The Morgan fingerprint density at radius 3 is 2.16 bits per heavy atom. The molecule has 10 rings (SSSR count). The molecule has 0 saturated carbocycles. The fourth-order valence-corrected chi connectivity index (χ4v) is 10.2. The average molecular weight is 865 g/mol. The van der Waals surface area contributed by atoms with Gasteiger partial charge in [0, 0.05) is 47.9 Å². The highest BCUT2D eigenvalue weighted by Crippen LogP contribution is 2.50. The molecule has 0 atom stereocenters. The molecule has 0 aliphatic heterocycles. The summed E-state index contributed by atoms with van der Waals surface area (Å²) in [6, 6.07) is 47.1. The van der Waals surface area contributed by atoms with Crippen LogP contribution in [-0.4, -0.2) is 4.57 Å². The molecule has 1 heterocycles. The van der Waals surface area contributed by atoms with Gasteiger partial charge < -0.3 is 9.47 Å². The van der Waals surface area contributed by atoms with E-state index in [1.807, 2.05) is 0 Å². The number of rotatable bonds is 6. The maximum Gasteiger partial charge on any atom is 0.0547 e. The SMILES string of the molecule is CC1(C)c2ccccc2-c2ccc(N(C3=CCC=C(c4ccc5c6ccccc6n(-c6cc(Br)cc(Br)c6)c5c4)C=C3)c3ccc(C4=CC=CCC=C4)cc3)cc21. The fourth-order valence-electron chi connectivity index (χ4n) is 8.95. The van der Waals surface area contributed by atoms with Crippen molar-refractivity contribution in [2.75, 3.05) is 4.90 Å². The number of hydrogen-bond donors (Lipinski definition) is 0. The molecular weight excluding hydrogens is 824 g/mol. The van der Waals surface area contributed by atoms with Crippen LogP contribution in [0.4, 0.5) is 11.4 Å². The van der Waals surface area contributed by atoms with Gasteiger partial charge in [0.2, 0.25) is 0 Å². The zero-order chi connectivity index (χ0) is 38.7. The van der Waals surface area contributed by atoms with Gasteiger partial charge in [-0.15, -0.1) is 0 Å². The minimum Gasteiger partial charge on any atom is -0.311 e. The fraction of sp³-hybridized carbons (Fsp3) is 0.0943. The Bertz CT molecular complexity index is 2930. The predicted molar refractivity (Wildman–Crippen MR) is 249 cm³/mol. The molecule has 0 saturated heterocycles. The van der Waals surface area contributed by atoms with Crippen molar-refractivity contribution in [1.82, 2.24) is 4.57 Å². The number of halogens is 2. The molecule has 0 radical (unpaired) electrons. The number of para-hydroxylation sites is 1. The standard InChI is InChI=1S/C53H40Br2N2/c1-53(2)49-18-9-7-16-45(49)46-29-27-43(34-50(46)53)56(42-25-21-37(22-26-42)35-12-5-3-4-6-13-35)41-15-11-14-36(20-24-41)38-23-28-48-47-17-8-10-19-51(47)57(52(48)30-38)44-32-39(54)31-40(55)33-44/h3,5-10,12-34H,4,11H2,1-2H3. The van der Waals surface area contributed by atoms with E-state index >= 15 is 0 Å². The first-order valence-electron chi connectivity index (χ1n) is 19.6. The number of anilines is 2. The van der Waals surface area contributed by atoms with Gasteiger partial charge in [0.05, 0.1) is 11.0 Å². The summed E-state index contributed by atoms with van der Waals surface area (Å²) >= 11 is 7.47. The van der Waals surface area contributed by atoms with E-state index in [1.165, 1.54) is 66.3 Å². The Kier molecular flexibility index (Phi) is 9.00. The third-order valence-electron chi connectivity index (χ3n) is 11.7. The van der Waals surface area contributed by atoms with Crippen LogP contribution in [0.1, 0.15) is 48.9 Å². The lowest BCUT2D eigenvalue weighted by Gasteiger charge is -2.29. The lowest BCUT2D eigenvalue weighted by atomic mass is 9.82. The van der Waals surface area contributed by atoms with Crippen molar-refractivity contribution in [3.8, 4) is 16.8 Å². The maximum atomic E-state index is 3.74. The third kappa shape index (κ3) is 6.32. The van der Waals surface area contributed by atoms with Crippen LogP contribution in [0.5, 0.6) is 0 Å². The number of nitrogens with zero attached hydrogens (tertiary/aromatic N) is 2. The number of hydrogen-bond acceptors (Lipinski definition) is 1. The topological polar surface area (TPSA) is 8.17 Å². The molecule has 1 aromatic heterocycles. The molecule has 0 N–H and O–H groups in total. The summed E-state index contributed by atoms with van der Waals surface area (Å²) in [6.07, 6.45) is 22.1. The van der Waals surface area contributed by atoms with Crippen LogP contribution in [0.2, 0.25) is 0 Å². The van der Waals surface area contributed by atoms with Crippen molar-refractivity contribution in [3.05, 3.63) is 219 Å². The Hall–Kier alpha value is -5.68. The highest BCUT2D eigenvalue weighted by Gasteiger charge is 2.35.